The fourth-order valence-corrected chi connectivity index (χ4v) is 1.76. The SMILES string of the molecule is C=CCC(NC)c1cccc(C)c1Cl. The van der Waals surface area contributed by atoms with Gasteiger partial charge in [0.2, 0.25) is 0 Å². The molecule has 1 aromatic rings. The van der Waals surface area contributed by atoms with E-state index in [-0.39, 0.29) is 6.04 Å². The highest BCUT2D eigenvalue weighted by atomic mass is 35.5. The Morgan fingerprint density at radius 2 is 2.29 bits per heavy atom. The largest absolute Gasteiger partial charge is 0.313 e. The van der Waals surface area contributed by atoms with E-state index in [4.69, 9.17) is 11.6 Å². The van der Waals surface area contributed by atoms with Crippen molar-refractivity contribution >= 4 is 11.6 Å². The number of hydrogen-bond donors (Lipinski definition) is 1. The van der Waals surface area contributed by atoms with Crippen LogP contribution in [0.5, 0.6) is 0 Å². The topological polar surface area (TPSA) is 12.0 Å². The van der Waals surface area contributed by atoms with Gasteiger partial charge in [0.1, 0.15) is 0 Å². The van der Waals surface area contributed by atoms with Gasteiger partial charge in [0, 0.05) is 11.1 Å². The molecule has 0 aromatic heterocycles. The van der Waals surface area contributed by atoms with Crippen molar-refractivity contribution in [3.8, 4) is 0 Å². The van der Waals surface area contributed by atoms with Crippen molar-refractivity contribution in [1.29, 1.82) is 0 Å². The van der Waals surface area contributed by atoms with Crippen LogP contribution in [0.1, 0.15) is 23.6 Å². The van der Waals surface area contributed by atoms with Gasteiger partial charge in [-0.25, -0.2) is 0 Å². The summed E-state index contributed by atoms with van der Waals surface area (Å²) in [7, 11) is 1.94. The van der Waals surface area contributed by atoms with Crippen LogP contribution in [0.4, 0.5) is 0 Å². The van der Waals surface area contributed by atoms with Crippen molar-refractivity contribution in [1.82, 2.24) is 5.32 Å². The van der Waals surface area contributed by atoms with Crippen LogP contribution in [0.15, 0.2) is 30.9 Å². The summed E-state index contributed by atoms with van der Waals surface area (Å²) in [5, 5.41) is 4.09. The molecule has 0 saturated heterocycles. The normalized spacial score (nSPS) is 12.5. The van der Waals surface area contributed by atoms with Crippen LogP contribution in [-0.2, 0) is 0 Å². The summed E-state index contributed by atoms with van der Waals surface area (Å²) in [6.07, 6.45) is 2.79. The molecular weight excluding hydrogens is 194 g/mol. The fourth-order valence-electron chi connectivity index (χ4n) is 1.51. The summed E-state index contributed by atoms with van der Waals surface area (Å²) in [6, 6.07) is 6.37. The van der Waals surface area contributed by atoms with Crippen molar-refractivity contribution in [3.05, 3.63) is 47.0 Å². The average Bonchev–Trinajstić information content (AvgIpc) is 2.19. The Balaban J connectivity index is 3.03. The van der Waals surface area contributed by atoms with Gasteiger partial charge in [0.05, 0.1) is 0 Å². The summed E-state index contributed by atoms with van der Waals surface area (Å²) in [5.41, 5.74) is 2.27. The van der Waals surface area contributed by atoms with Gasteiger partial charge in [-0.3, -0.25) is 0 Å². The standard InChI is InChI=1S/C12H16ClN/c1-4-6-11(14-3)10-8-5-7-9(2)12(10)13/h4-5,7-8,11,14H,1,6H2,2-3H3. The molecule has 1 aromatic carbocycles. The number of aryl methyl sites for hydroxylation is 1. The second kappa shape index (κ2) is 5.18. The zero-order chi connectivity index (χ0) is 10.6. The molecule has 0 heterocycles. The van der Waals surface area contributed by atoms with E-state index in [0.717, 1.165) is 22.6 Å². The highest BCUT2D eigenvalue weighted by Crippen LogP contribution is 2.27. The number of nitrogens with one attached hydrogen (secondary N) is 1. The van der Waals surface area contributed by atoms with E-state index in [1.807, 2.05) is 32.2 Å². The molecule has 1 atom stereocenters. The van der Waals surface area contributed by atoms with E-state index in [9.17, 15) is 0 Å². The summed E-state index contributed by atoms with van der Waals surface area (Å²) < 4.78 is 0. The van der Waals surface area contributed by atoms with Crippen LogP contribution in [0, 0.1) is 6.92 Å². The van der Waals surface area contributed by atoms with Gasteiger partial charge in [-0.15, -0.1) is 6.58 Å². The first-order valence-electron chi connectivity index (χ1n) is 4.74. The van der Waals surface area contributed by atoms with Crippen molar-refractivity contribution in [2.45, 2.75) is 19.4 Å². The molecule has 0 aliphatic rings. The van der Waals surface area contributed by atoms with Gasteiger partial charge >= 0.3 is 0 Å². The summed E-state index contributed by atoms with van der Waals surface area (Å²) in [5.74, 6) is 0. The van der Waals surface area contributed by atoms with Crippen LogP contribution >= 0.6 is 11.6 Å². The van der Waals surface area contributed by atoms with Gasteiger partial charge in [0.15, 0.2) is 0 Å². The summed E-state index contributed by atoms with van der Waals surface area (Å²) in [4.78, 5) is 0. The lowest BCUT2D eigenvalue weighted by atomic mass is 10.0. The van der Waals surface area contributed by atoms with Crippen molar-refractivity contribution in [2.75, 3.05) is 7.05 Å². The zero-order valence-corrected chi connectivity index (χ0v) is 9.43. The summed E-state index contributed by atoms with van der Waals surface area (Å²) in [6.45, 7) is 5.76. The molecule has 0 amide bonds. The Bertz CT molecular complexity index is 320. The lowest BCUT2D eigenvalue weighted by Gasteiger charge is -2.17. The van der Waals surface area contributed by atoms with E-state index in [0.29, 0.717) is 0 Å². The predicted octanol–water partition coefficient (Wildman–Crippen LogP) is 3.49. The van der Waals surface area contributed by atoms with Gasteiger partial charge in [-0.05, 0) is 31.5 Å². The molecule has 1 unspecified atom stereocenters. The second-order valence-electron chi connectivity index (χ2n) is 3.34. The first-order valence-corrected chi connectivity index (χ1v) is 5.11. The van der Waals surface area contributed by atoms with Gasteiger partial charge in [-0.2, -0.15) is 0 Å². The lowest BCUT2D eigenvalue weighted by Crippen LogP contribution is -2.16. The van der Waals surface area contributed by atoms with E-state index >= 15 is 0 Å². The lowest BCUT2D eigenvalue weighted by molar-refractivity contribution is 0.603. The third kappa shape index (κ3) is 2.37. The molecule has 14 heavy (non-hydrogen) atoms. The Kier molecular flexibility index (Phi) is 4.18. The molecule has 76 valence electrons. The molecule has 0 aliphatic heterocycles. The molecular formula is C12H16ClN. The predicted molar refractivity (Wildman–Crippen MR) is 62.8 cm³/mol. The maximum atomic E-state index is 6.23. The number of halogens is 1. The minimum Gasteiger partial charge on any atom is -0.313 e. The summed E-state index contributed by atoms with van der Waals surface area (Å²) >= 11 is 6.23. The fraction of sp³-hybridized carbons (Fsp3) is 0.333. The van der Waals surface area contributed by atoms with Gasteiger partial charge in [-0.1, -0.05) is 35.9 Å². The molecule has 0 radical (unpaired) electrons. The zero-order valence-electron chi connectivity index (χ0n) is 8.68. The number of hydrogen-bond acceptors (Lipinski definition) is 1. The third-order valence-corrected chi connectivity index (χ3v) is 2.86. The van der Waals surface area contributed by atoms with E-state index in [1.165, 1.54) is 0 Å². The first-order chi connectivity index (χ1) is 6.70. The Morgan fingerprint density at radius 3 is 2.86 bits per heavy atom. The monoisotopic (exact) mass is 209 g/mol. The van der Waals surface area contributed by atoms with Crippen molar-refractivity contribution in [3.63, 3.8) is 0 Å². The van der Waals surface area contributed by atoms with Gasteiger partial charge < -0.3 is 5.32 Å². The molecule has 2 heteroatoms. The minimum absolute atomic E-state index is 0.264. The van der Waals surface area contributed by atoms with E-state index in [1.54, 1.807) is 0 Å². The molecule has 0 spiro atoms. The highest BCUT2D eigenvalue weighted by Gasteiger charge is 2.11. The number of benzene rings is 1. The maximum Gasteiger partial charge on any atom is 0.0483 e. The number of rotatable bonds is 4. The Hall–Kier alpha value is -0.790. The van der Waals surface area contributed by atoms with Crippen LogP contribution in [0.25, 0.3) is 0 Å². The Morgan fingerprint density at radius 1 is 1.57 bits per heavy atom. The molecule has 1 rings (SSSR count). The van der Waals surface area contributed by atoms with Gasteiger partial charge in [0.25, 0.3) is 0 Å². The van der Waals surface area contributed by atoms with Crippen LogP contribution < -0.4 is 5.32 Å². The molecule has 0 saturated carbocycles. The molecule has 0 fully saturated rings. The van der Waals surface area contributed by atoms with E-state index < -0.39 is 0 Å². The molecule has 0 bridgehead atoms. The molecule has 0 aliphatic carbocycles. The third-order valence-electron chi connectivity index (χ3n) is 2.35. The van der Waals surface area contributed by atoms with Crippen molar-refractivity contribution < 1.29 is 0 Å². The van der Waals surface area contributed by atoms with Crippen LogP contribution in [-0.4, -0.2) is 7.05 Å². The Labute approximate surface area is 90.8 Å². The average molecular weight is 210 g/mol. The minimum atomic E-state index is 0.264. The van der Waals surface area contributed by atoms with E-state index in [2.05, 4.69) is 18.0 Å². The van der Waals surface area contributed by atoms with Crippen LogP contribution in [0.2, 0.25) is 5.02 Å². The second-order valence-corrected chi connectivity index (χ2v) is 3.72. The smallest absolute Gasteiger partial charge is 0.0483 e. The first kappa shape index (κ1) is 11.3. The molecule has 1 nitrogen and oxygen atoms in total. The van der Waals surface area contributed by atoms with Crippen molar-refractivity contribution in [2.24, 2.45) is 0 Å². The highest BCUT2D eigenvalue weighted by molar-refractivity contribution is 6.32. The van der Waals surface area contributed by atoms with Crippen LogP contribution in [0.3, 0.4) is 0 Å². The molecule has 1 N–H and O–H groups in total. The quantitative estimate of drug-likeness (QED) is 0.749. The maximum absolute atomic E-state index is 6.23.